The van der Waals surface area contributed by atoms with Gasteiger partial charge in [-0.25, -0.2) is 0 Å². The van der Waals surface area contributed by atoms with E-state index in [2.05, 4.69) is 10.3 Å². The maximum absolute atomic E-state index is 12.2. The third kappa shape index (κ3) is 4.23. The third-order valence-corrected chi connectivity index (χ3v) is 3.56. The lowest BCUT2D eigenvalue weighted by molar-refractivity contribution is -0.120. The Morgan fingerprint density at radius 3 is 2.90 bits per heavy atom. The molecule has 1 aromatic heterocycles. The first-order valence-corrected chi connectivity index (χ1v) is 6.25. The molecule has 1 amide bonds. The summed E-state index contributed by atoms with van der Waals surface area (Å²) in [6.45, 7) is 0.572. The molecule has 20 heavy (non-hydrogen) atoms. The van der Waals surface area contributed by atoms with Crippen LogP contribution < -0.4 is 15.8 Å². The van der Waals surface area contributed by atoms with Crippen LogP contribution in [0.4, 0.5) is 5.69 Å². The Balaban J connectivity index is 0.00000180. The van der Waals surface area contributed by atoms with E-state index in [0.29, 0.717) is 23.9 Å². The van der Waals surface area contributed by atoms with Gasteiger partial charge in [0.05, 0.1) is 13.3 Å². The van der Waals surface area contributed by atoms with Crippen molar-refractivity contribution in [1.82, 2.24) is 4.98 Å². The van der Waals surface area contributed by atoms with E-state index < -0.39 is 0 Å². The van der Waals surface area contributed by atoms with E-state index in [1.165, 1.54) is 0 Å². The Morgan fingerprint density at radius 1 is 1.50 bits per heavy atom. The van der Waals surface area contributed by atoms with Crippen molar-refractivity contribution in [1.29, 1.82) is 0 Å². The fourth-order valence-electron chi connectivity index (χ4n) is 2.54. The zero-order valence-corrected chi connectivity index (χ0v) is 13.0. The normalized spacial score (nSPS) is 20.5. The highest BCUT2D eigenvalue weighted by Crippen LogP contribution is 2.32. The molecule has 0 aromatic carbocycles. The molecule has 114 valence electrons. The first-order chi connectivity index (χ1) is 8.76. The molecule has 0 radical (unpaired) electrons. The monoisotopic (exact) mass is 321 g/mol. The van der Waals surface area contributed by atoms with Crippen LogP contribution in [0, 0.1) is 11.8 Å². The molecule has 5 nitrogen and oxygen atoms in total. The summed E-state index contributed by atoms with van der Waals surface area (Å²) < 4.78 is 5.18. The summed E-state index contributed by atoms with van der Waals surface area (Å²) in [4.78, 5) is 16.2. The number of rotatable bonds is 4. The zero-order valence-electron chi connectivity index (χ0n) is 11.4. The number of nitrogens with two attached hydrogens (primary N) is 1. The molecule has 3 N–H and O–H groups in total. The van der Waals surface area contributed by atoms with Gasteiger partial charge in [0.2, 0.25) is 5.91 Å². The van der Waals surface area contributed by atoms with Gasteiger partial charge in [-0.3, -0.25) is 9.78 Å². The van der Waals surface area contributed by atoms with E-state index >= 15 is 0 Å². The van der Waals surface area contributed by atoms with Crippen molar-refractivity contribution < 1.29 is 9.53 Å². The number of ether oxygens (including phenoxy) is 1. The third-order valence-electron chi connectivity index (χ3n) is 3.56. The average Bonchev–Trinajstić information content (AvgIpc) is 2.87. The van der Waals surface area contributed by atoms with E-state index in [1.54, 1.807) is 25.6 Å². The van der Waals surface area contributed by atoms with Crippen LogP contribution in [-0.4, -0.2) is 24.5 Å². The number of hydrogen-bond acceptors (Lipinski definition) is 4. The molecule has 0 spiro atoms. The van der Waals surface area contributed by atoms with Gasteiger partial charge in [-0.1, -0.05) is 6.42 Å². The first kappa shape index (κ1) is 19.0. The van der Waals surface area contributed by atoms with Gasteiger partial charge in [0.15, 0.2) is 0 Å². The van der Waals surface area contributed by atoms with Gasteiger partial charge in [-0.05, 0) is 25.3 Å². The molecule has 2 atom stereocenters. The predicted octanol–water partition coefficient (Wildman–Crippen LogP) is 2.25. The highest BCUT2D eigenvalue weighted by atomic mass is 35.5. The number of nitrogens with one attached hydrogen (secondary N) is 1. The molecule has 1 saturated carbocycles. The number of halogens is 2. The van der Waals surface area contributed by atoms with E-state index in [4.69, 9.17) is 10.5 Å². The lowest BCUT2D eigenvalue weighted by atomic mass is 9.95. The smallest absolute Gasteiger partial charge is 0.227 e. The van der Waals surface area contributed by atoms with Crippen LogP contribution in [0.25, 0.3) is 0 Å². The summed E-state index contributed by atoms with van der Waals surface area (Å²) in [7, 11) is 1.57. The lowest BCUT2D eigenvalue weighted by Crippen LogP contribution is -2.29. The second kappa shape index (κ2) is 9.00. The standard InChI is InChI=1S/C13H19N3O2.2ClH/c1-18-12-5-6-15-8-11(12)16-13(17)10-4-2-3-9(10)7-14;;/h5-6,8-10H,2-4,7,14H2,1H3,(H,16,17);2*1H/t9-,10-;;/m1../s1. The van der Waals surface area contributed by atoms with Crippen molar-refractivity contribution in [3.8, 4) is 5.75 Å². The minimum Gasteiger partial charge on any atom is -0.494 e. The van der Waals surface area contributed by atoms with Crippen LogP contribution in [0.5, 0.6) is 5.75 Å². The molecule has 1 heterocycles. The molecule has 0 unspecified atom stereocenters. The lowest BCUT2D eigenvalue weighted by Gasteiger charge is -2.18. The first-order valence-electron chi connectivity index (χ1n) is 6.25. The number of hydrogen-bond donors (Lipinski definition) is 2. The summed E-state index contributed by atoms with van der Waals surface area (Å²) in [5.41, 5.74) is 6.31. The van der Waals surface area contributed by atoms with Crippen molar-refractivity contribution in [3.63, 3.8) is 0 Å². The Bertz CT molecular complexity index is 432. The van der Waals surface area contributed by atoms with Crippen LogP contribution in [0.15, 0.2) is 18.5 Å². The number of amides is 1. The maximum Gasteiger partial charge on any atom is 0.227 e. The summed E-state index contributed by atoms with van der Waals surface area (Å²) in [6, 6.07) is 1.73. The largest absolute Gasteiger partial charge is 0.494 e. The van der Waals surface area contributed by atoms with Gasteiger partial charge in [0.1, 0.15) is 11.4 Å². The molecule has 0 bridgehead atoms. The van der Waals surface area contributed by atoms with Gasteiger partial charge >= 0.3 is 0 Å². The van der Waals surface area contributed by atoms with Crippen LogP contribution in [0.3, 0.4) is 0 Å². The summed E-state index contributed by atoms with van der Waals surface area (Å²) in [6.07, 6.45) is 6.26. The summed E-state index contributed by atoms with van der Waals surface area (Å²) in [5.74, 6) is 0.961. The number of pyridine rings is 1. The van der Waals surface area contributed by atoms with Gasteiger partial charge in [-0.2, -0.15) is 0 Å². The van der Waals surface area contributed by atoms with E-state index in [0.717, 1.165) is 19.3 Å². The molecule has 0 saturated heterocycles. The van der Waals surface area contributed by atoms with Crippen LogP contribution in [0.1, 0.15) is 19.3 Å². The average molecular weight is 322 g/mol. The molecular weight excluding hydrogens is 301 g/mol. The minimum absolute atomic E-state index is 0. The molecule has 2 rings (SSSR count). The van der Waals surface area contributed by atoms with Crippen molar-refractivity contribution in [2.75, 3.05) is 19.0 Å². The fraction of sp³-hybridized carbons (Fsp3) is 0.538. The van der Waals surface area contributed by atoms with Gasteiger partial charge in [-0.15, -0.1) is 24.8 Å². The minimum atomic E-state index is 0. The van der Waals surface area contributed by atoms with Crippen molar-refractivity contribution in [2.24, 2.45) is 17.6 Å². The van der Waals surface area contributed by atoms with Crippen LogP contribution in [0.2, 0.25) is 0 Å². The Labute approximate surface area is 131 Å². The number of carbonyl (C=O) groups is 1. The Morgan fingerprint density at radius 2 is 2.25 bits per heavy atom. The van der Waals surface area contributed by atoms with Crippen molar-refractivity contribution >= 4 is 36.4 Å². The van der Waals surface area contributed by atoms with Crippen LogP contribution in [-0.2, 0) is 4.79 Å². The number of anilines is 1. The fourth-order valence-corrected chi connectivity index (χ4v) is 2.54. The van der Waals surface area contributed by atoms with Gasteiger partial charge in [0, 0.05) is 18.2 Å². The number of carbonyl (C=O) groups excluding carboxylic acids is 1. The van der Waals surface area contributed by atoms with Crippen LogP contribution >= 0.6 is 24.8 Å². The Hall–Kier alpha value is -1.04. The molecule has 0 aliphatic heterocycles. The van der Waals surface area contributed by atoms with Gasteiger partial charge < -0.3 is 15.8 Å². The molecule has 1 aliphatic carbocycles. The number of nitrogens with zero attached hydrogens (tertiary/aromatic N) is 1. The maximum atomic E-state index is 12.2. The predicted molar refractivity (Wildman–Crippen MR) is 83.8 cm³/mol. The number of aromatic nitrogens is 1. The molecule has 1 aromatic rings. The topological polar surface area (TPSA) is 77.2 Å². The molecule has 1 aliphatic rings. The van der Waals surface area contributed by atoms with E-state index in [9.17, 15) is 4.79 Å². The quantitative estimate of drug-likeness (QED) is 0.891. The highest BCUT2D eigenvalue weighted by molar-refractivity contribution is 5.94. The Kier molecular flexibility index (Phi) is 8.53. The molecule has 1 fully saturated rings. The van der Waals surface area contributed by atoms with Gasteiger partial charge in [0.25, 0.3) is 0 Å². The molecule has 7 heteroatoms. The van der Waals surface area contributed by atoms with Crippen molar-refractivity contribution in [2.45, 2.75) is 19.3 Å². The van der Waals surface area contributed by atoms with E-state index in [1.807, 2.05) is 0 Å². The second-order valence-electron chi connectivity index (χ2n) is 4.60. The SMILES string of the molecule is COc1ccncc1NC(=O)[C@@H]1CCC[C@@H]1CN.Cl.Cl. The van der Waals surface area contributed by atoms with Crippen molar-refractivity contribution in [3.05, 3.63) is 18.5 Å². The summed E-state index contributed by atoms with van der Waals surface area (Å²) in [5, 5.41) is 2.89. The second-order valence-corrected chi connectivity index (χ2v) is 4.60. The summed E-state index contributed by atoms with van der Waals surface area (Å²) >= 11 is 0. The highest BCUT2D eigenvalue weighted by Gasteiger charge is 2.32. The zero-order chi connectivity index (χ0) is 13.0. The number of methoxy groups -OCH3 is 1. The van der Waals surface area contributed by atoms with E-state index in [-0.39, 0.29) is 36.6 Å². The molecular formula is C13H21Cl2N3O2.